The predicted molar refractivity (Wildman–Crippen MR) is 85.6 cm³/mol. The second-order valence-electron chi connectivity index (χ2n) is 5.74. The number of aromatic nitrogens is 2. The molecule has 0 bridgehead atoms. The Morgan fingerprint density at radius 3 is 2.77 bits per heavy atom. The van der Waals surface area contributed by atoms with Gasteiger partial charge in [-0.2, -0.15) is 0 Å². The minimum atomic E-state index is -0.651. The van der Waals surface area contributed by atoms with Crippen molar-refractivity contribution < 1.29 is 9.13 Å². The van der Waals surface area contributed by atoms with Crippen LogP contribution in [0.2, 0.25) is 0 Å². The maximum Gasteiger partial charge on any atom is 0.139 e. The van der Waals surface area contributed by atoms with E-state index in [2.05, 4.69) is 26.4 Å². The molecule has 1 aromatic carbocycles. The average Bonchev–Trinajstić information content (AvgIpc) is 2.92. The van der Waals surface area contributed by atoms with Gasteiger partial charge in [0.2, 0.25) is 0 Å². The zero-order valence-electron chi connectivity index (χ0n) is 12.5. The van der Waals surface area contributed by atoms with Gasteiger partial charge in [0, 0.05) is 37.1 Å². The van der Waals surface area contributed by atoms with Gasteiger partial charge < -0.3 is 9.64 Å². The summed E-state index contributed by atoms with van der Waals surface area (Å²) >= 11 is 0. The number of benzene rings is 1. The number of pyridine rings is 1. The number of hydrogen-bond donors (Lipinski definition) is 0. The summed E-state index contributed by atoms with van der Waals surface area (Å²) in [6.45, 7) is 1.54. The first-order chi connectivity index (χ1) is 10.7. The number of alkyl halides is 1. The summed E-state index contributed by atoms with van der Waals surface area (Å²) in [5.74, 6) is 0.823. The van der Waals surface area contributed by atoms with E-state index in [4.69, 9.17) is 4.74 Å². The van der Waals surface area contributed by atoms with E-state index in [1.165, 1.54) is 0 Å². The number of imidazole rings is 1. The van der Waals surface area contributed by atoms with Crippen LogP contribution in [0.4, 0.5) is 10.1 Å². The number of ether oxygens (including phenoxy) is 1. The Morgan fingerprint density at radius 2 is 2.00 bits per heavy atom. The van der Waals surface area contributed by atoms with Crippen LogP contribution in [0.1, 0.15) is 12.8 Å². The summed E-state index contributed by atoms with van der Waals surface area (Å²) in [5, 5.41) is 0. The van der Waals surface area contributed by atoms with Crippen LogP contribution < -0.4 is 9.64 Å². The van der Waals surface area contributed by atoms with Crippen molar-refractivity contribution in [1.29, 1.82) is 0 Å². The molecule has 0 atom stereocenters. The maximum atomic E-state index is 13.3. The second-order valence-corrected chi connectivity index (χ2v) is 5.74. The van der Waals surface area contributed by atoms with Crippen molar-refractivity contribution in [2.45, 2.75) is 19.0 Å². The van der Waals surface area contributed by atoms with E-state index in [1.54, 1.807) is 7.11 Å². The second kappa shape index (κ2) is 5.16. The molecule has 1 aliphatic rings. The molecule has 0 unspecified atom stereocenters. The van der Waals surface area contributed by atoms with Crippen LogP contribution in [-0.4, -0.2) is 35.8 Å². The number of fused-ring (bicyclic) bond motifs is 3. The number of piperidine rings is 1. The van der Waals surface area contributed by atoms with Gasteiger partial charge in [0.1, 0.15) is 17.6 Å². The zero-order chi connectivity index (χ0) is 15.1. The van der Waals surface area contributed by atoms with E-state index < -0.39 is 6.17 Å². The van der Waals surface area contributed by atoms with Gasteiger partial charge in [-0.1, -0.05) is 0 Å². The normalized spacial score (nSPS) is 16.5. The third-order valence-electron chi connectivity index (χ3n) is 4.38. The molecule has 2 aromatic heterocycles. The molecule has 4 nitrogen and oxygen atoms in total. The highest BCUT2D eigenvalue weighted by Gasteiger charge is 2.19. The van der Waals surface area contributed by atoms with Gasteiger partial charge in [0.05, 0.1) is 18.1 Å². The monoisotopic (exact) mass is 298 g/mol. The first-order valence-corrected chi connectivity index (χ1v) is 7.59. The average molecular weight is 298 g/mol. The number of anilines is 1. The molecule has 0 N–H and O–H groups in total. The summed E-state index contributed by atoms with van der Waals surface area (Å²) < 4.78 is 20.6. The van der Waals surface area contributed by atoms with Gasteiger partial charge in [-0.15, -0.1) is 0 Å². The Kier molecular flexibility index (Phi) is 3.13. The molecule has 3 aromatic rings. The fourth-order valence-corrected chi connectivity index (χ4v) is 3.11. The van der Waals surface area contributed by atoms with Crippen LogP contribution in [0.3, 0.4) is 0 Å². The fourth-order valence-electron chi connectivity index (χ4n) is 3.11. The summed E-state index contributed by atoms with van der Waals surface area (Å²) in [6, 6.07) is 10.0. The van der Waals surface area contributed by atoms with Crippen molar-refractivity contribution in [3.63, 3.8) is 0 Å². The topological polar surface area (TPSA) is 29.8 Å². The van der Waals surface area contributed by atoms with Crippen LogP contribution in [0.25, 0.3) is 16.7 Å². The number of hydrogen-bond acceptors (Lipinski definition) is 3. The Labute approximate surface area is 128 Å². The number of halogens is 1. The van der Waals surface area contributed by atoms with E-state index in [0.717, 1.165) is 41.2 Å². The molecule has 22 heavy (non-hydrogen) atoms. The summed E-state index contributed by atoms with van der Waals surface area (Å²) in [7, 11) is 1.66. The maximum absolute atomic E-state index is 13.3. The largest absolute Gasteiger partial charge is 0.497 e. The van der Waals surface area contributed by atoms with Crippen LogP contribution in [0, 0.1) is 0 Å². The molecule has 114 valence electrons. The van der Waals surface area contributed by atoms with Crippen LogP contribution in [0.15, 0.2) is 36.5 Å². The predicted octanol–water partition coefficient (Wildman–Crippen LogP) is 3.43. The molecule has 0 amide bonds. The summed E-state index contributed by atoms with van der Waals surface area (Å²) in [4.78, 5) is 6.90. The molecule has 0 spiro atoms. The van der Waals surface area contributed by atoms with Crippen molar-refractivity contribution in [2.75, 3.05) is 25.1 Å². The lowest BCUT2D eigenvalue weighted by molar-refractivity contribution is 0.277. The Balaban J connectivity index is 1.76. The van der Waals surface area contributed by atoms with Crippen molar-refractivity contribution in [3.8, 4) is 5.75 Å². The molecule has 1 saturated heterocycles. The minimum absolute atomic E-state index is 0.610. The number of nitrogens with zero attached hydrogens (tertiary/aromatic N) is 3. The van der Waals surface area contributed by atoms with Crippen molar-refractivity contribution in [1.82, 2.24) is 9.38 Å². The lowest BCUT2D eigenvalue weighted by Crippen LogP contribution is -2.34. The Bertz CT molecular complexity index is 821. The highest BCUT2D eigenvalue weighted by molar-refractivity contribution is 5.82. The van der Waals surface area contributed by atoms with Gasteiger partial charge in [-0.25, -0.2) is 9.37 Å². The quantitative estimate of drug-likeness (QED) is 0.726. The minimum Gasteiger partial charge on any atom is -0.497 e. The van der Waals surface area contributed by atoms with E-state index in [1.807, 2.05) is 24.4 Å². The number of methoxy groups -OCH3 is 1. The summed E-state index contributed by atoms with van der Waals surface area (Å²) in [6.07, 6.45) is 2.60. The Hall–Kier alpha value is -2.30. The first-order valence-electron chi connectivity index (χ1n) is 7.59. The molecule has 4 rings (SSSR count). The standard InChI is InChI=1S/C17H18FN3O/c1-22-14-2-3-15-16(11-14)21-9-6-13(10-17(21)19-15)20-7-4-12(18)5-8-20/h2-3,6,9-12H,4-5,7-8H2,1H3/i18-1. The molecule has 5 heteroatoms. The SMILES string of the molecule is COc1ccc2nc3cc(N4CCC([18F])CC4)ccn3c2c1. The number of rotatable bonds is 2. The van der Waals surface area contributed by atoms with Crippen molar-refractivity contribution in [3.05, 3.63) is 36.5 Å². The molecule has 0 saturated carbocycles. The van der Waals surface area contributed by atoms with Crippen LogP contribution in [0.5, 0.6) is 5.75 Å². The van der Waals surface area contributed by atoms with Gasteiger partial charge in [0.15, 0.2) is 0 Å². The van der Waals surface area contributed by atoms with Crippen LogP contribution in [-0.2, 0) is 0 Å². The molecule has 3 heterocycles. The molecular formula is C17H18FN3O. The molecule has 1 aliphatic heterocycles. The van der Waals surface area contributed by atoms with E-state index in [9.17, 15) is 4.39 Å². The highest BCUT2D eigenvalue weighted by atomic mass is 18.2. The van der Waals surface area contributed by atoms with E-state index in [-0.39, 0.29) is 0 Å². The molecule has 0 radical (unpaired) electrons. The Morgan fingerprint density at radius 1 is 1.18 bits per heavy atom. The summed E-state index contributed by atoms with van der Waals surface area (Å²) in [5.41, 5.74) is 3.99. The highest BCUT2D eigenvalue weighted by Crippen LogP contribution is 2.26. The lowest BCUT2D eigenvalue weighted by Gasteiger charge is -2.30. The van der Waals surface area contributed by atoms with E-state index in [0.29, 0.717) is 12.8 Å². The fraction of sp³-hybridized carbons (Fsp3) is 0.353. The van der Waals surface area contributed by atoms with E-state index >= 15 is 0 Å². The van der Waals surface area contributed by atoms with Gasteiger partial charge in [-0.05, 0) is 31.0 Å². The first kappa shape index (κ1) is 13.4. The smallest absolute Gasteiger partial charge is 0.139 e. The third-order valence-corrected chi connectivity index (χ3v) is 4.38. The van der Waals surface area contributed by atoms with Crippen LogP contribution >= 0.6 is 0 Å². The van der Waals surface area contributed by atoms with Gasteiger partial charge in [0.25, 0.3) is 0 Å². The molecular weight excluding hydrogens is 280 g/mol. The molecule has 1 fully saturated rings. The van der Waals surface area contributed by atoms with Gasteiger partial charge in [-0.3, -0.25) is 4.40 Å². The zero-order valence-corrected chi connectivity index (χ0v) is 12.5. The molecule has 0 aliphatic carbocycles. The van der Waals surface area contributed by atoms with Crippen molar-refractivity contribution in [2.24, 2.45) is 0 Å². The van der Waals surface area contributed by atoms with Gasteiger partial charge >= 0.3 is 0 Å². The van der Waals surface area contributed by atoms with Crippen molar-refractivity contribution >= 4 is 22.4 Å². The lowest BCUT2D eigenvalue weighted by atomic mass is 10.1. The third kappa shape index (κ3) is 2.17.